The molecule has 3 N–H and O–H groups in total. The van der Waals surface area contributed by atoms with Gasteiger partial charge < -0.3 is 15.5 Å². The van der Waals surface area contributed by atoms with Crippen LogP contribution in [0, 0.1) is 13.8 Å². The molecule has 0 spiro atoms. The molecular weight excluding hydrogens is 228 g/mol. The molecule has 1 aliphatic rings. The third kappa shape index (κ3) is 2.33. The number of guanidine groups is 1. The molecule has 18 heavy (non-hydrogen) atoms. The van der Waals surface area contributed by atoms with Gasteiger partial charge in [-0.1, -0.05) is 0 Å². The van der Waals surface area contributed by atoms with Crippen LogP contribution in [0.15, 0.2) is 4.99 Å². The molecule has 0 aliphatic carbocycles. The van der Waals surface area contributed by atoms with E-state index in [0.29, 0.717) is 5.96 Å². The van der Waals surface area contributed by atoms with E-state index in [1.54, 1.807) is 0 Å². The maximum atomic E-state index is 5.99. The van der Waals surface area contributed by atoms with E-state index in [4.69, 9.17) is 5.73 Å². The normalized spacial score (nSPS) is 19.7. The summed E-state index contributed by atoms with van der Waals surface area (Å²) in [5.41, 5.74) is 9.37. The molecule has 2 rings (SSSR count). The smallest absolute Gasteiger partial charge is 0.191 e. The number of rotatable bonds is 4. The van der Waals surface area contributed by atoms with Crippen LogP contribution in [0.4, 0.5) is 0 Å². The Hall–Kier alpha value is -1.56. The molecule has 1 unspecified atom stereocenters. The Bertz CT molecular complexity index is 428. The number of hydrogen-bond acceptors (Lipinski definition) is 5. The van der Waals surface area contributed by atoms with Crippen LogP contribution in [0.3, 0.4) is 0 Å². The summed E-state index contributed by atoms with van der Waals surface area (Å²) in [6.45, 7) is 6.64. The Labute approximate surface area is 108 Å². The van der Waals surface area contributed by atoms with Crippen molar-refractivity contribution < 1.29 is 0 Å². The number of H-pyrrole nitrogens is 1. The fraction of sp³-hybridized carbons (Fsp3) is 0.667. The van der Waals surface area contributed by atoms with Gasteiger partial charge in [-0.15, -0.1) is 0 Å². The second kappa shape index (κ2) is 4.97. The van der Waals surface area contributed by atoms with Gasteiger partial charge in [0.1, 0.15) is 0 Å². The van der Waals surface area contributed by atoms with E-state index in [0.717, 1.165) is 31.0 Å². The lowest BCUT2D eigenvalue weighted by Gasteiger charge is -2.27. The molecule has 0 radical (unpaired) electrons. The van der Waals surface area contributed by atoms with Crippen LogP contribution in [0.1, 0.15) is 23.0 Å². The molecule has 1 aliphatic heterocycles. The fourth-order valence-corrected chi connectivity index (χ4v) is 2.40. The van der Waals surface area contributed by atoms with E-state index in [9.17, 15) is 0 Å². The summed E-state index contributed by atoms with van der Waals surface area (Å²) < 4.78 is 0. The molecule has 6 heteroatoms. The highest BCUT2D eigenvalue weighted by molar-refractivity contribution is 5.80. The van der Waals surface area contributed by atoms with Crippen molar-refractivity contribution in [3.05, 3.63) is 17.0 Å². The number of aromatic amines is 1. The molecule has 0 aromatic carbocycles. The first-order chi connectivity index (χ1) is 8.50. The van der Waals surface area contributed by atoms with Gasteiger partial charge in [-0.3, -0.25) is 10.1 Å². The van der Waals surface area contributed by atoms with Crippen molar-refractivity contribution >= 4 is 5.96 Å². The lowest BCUT2D eigenvalue weighted by Crippen LogP contribution is -2.40. The Morgan fingerprint density at radius 1 is 1.44 bits per heavy atom. The SMILES string of the molecule is Cc1n[nH]c(C)c1C1CN=C(N)N1CCN(C)C. The van der Waals surface area contributed by atoms with E-state index in [1.165, 1.54) is 5.56 Å². The van der Waals surface area contributed by atoms with Crippen molar-refractivity contribution in [1.29, 1.82) is 0 Å². The number of nitrogens with two attached hydrogens (primary N) is 1. The molecule has 0 amide bonds. The Morgan fingerprint density at radius 3 is 2.72 bits per heavy atom. The average molecular weight is 250 g/mol. The van der Waals surface area contributed by atoms with Crippen LogP contribution in [-0.2, 0) is 0 Å². The lowest BCUT2D eigenvalue weighted by atomic mass is 10.0. The van der Waals surface area contributed by atoms with Crippen LogP contribution in [0.25, 0.3) is 0 Å². The van der Waals surface area contributed by atoms with Gasteiger partial charge in [0.25, 0.3) is 0 Å². The quantitative estimate of drug-likeness (QED) is 0.804. The van der Waals surface area contributed by atoms with Crippen LogP contribution < -0.4 is 5.73 Å². The molecule has 100 valence electrons. The molecule has 1 atom stereocenters. The maximum absolute atomic E-state index is 5.99. The zero-order valence-corrected chi connectivity index (χ0v) is 11.6. The summed E-state index contributed by atoms with van der Waals surface area (Å²) in [5, 5.41) is 7.30. The molecule has 0 fully saturated rings. The first kappa shape index (κ1) is 12.9. The van der Waals surface area contributed by atoms with Gasteiger partial charge in [-0.25, -0.2) is 0 Å². The highest BCUT2D eigenvalue weighted by Crippen LogP contribution is 2.28. The highest BCUT2D eigenvalue weighted by Gasteiger charge is 2.30. The molecule has 6 nitrogen and oxygen atoms in total. The molecule has 0 bridgehead atoms. The lowest BCUT2D eigenvalue weighted by molar-refractivity contribution is 0.292. The molecule has 2 heterocycles. The molecule has 1 aromatic heterocycles. The second-order valence-electron chi connectivity index (χ2n) is 5.06. The molecular formula is C12H22N6. The summed E-state index contributed by atoms with van der Waals surface area (Å²) in [7, 11) is 4.12. The van der Waals surface area contributed by atoms with Crippen LogP contribution >= 0.6 is 0 Å². The summed E-state index contributed by atoms with van der Waals surface area (Å²) in [5.74, 6) is 0.641. The molecule has 0 saturated heterocycles. The van der Waals surface area contributed by atoms with Crippen molar-refractivity contribution in [3.63, 3.8) is 0 Å². The van der Waals surface area contributed by atoms with E-state index in [-0.39, 0.29) is 6.04 Å². The van der Waals surface area contributed by atoms with Crippen LogP contribution in [0.5, 0.6) is 0 Å². The minimum absolute atomic E-state index is 0.226. The standard InChI is InChI=1S/C12H22N6/c1-8-11(9(2)16-15-8)10-7-14-12(13)18(10)6-5-17(3)4/h10H,5-7H2,1-4H3,(H2,13,14)(H,15,16). The topological polar surface area (TPSA) is 73.5 Å². The maximum Gasteiger partial charge on any atom is 0.191 e. The number of likely N-dealkylation sites (N-methyl/N-ethyl adjacent to an activating group) is 1. The largest absolute Gasteiger partial charge is 0.370 e. The average Bonchev–Trinajstić information content (AvgIpc) is 2.80. The fourth-order valence-electron chi connectivity index (χ4n) is 2.40. The zero-order chi connectivity index (χ0) is 13.3. The zero-order valence-electron chi connectivity index (χ0n) is 11.6. The number of hydrogen-bond donors (Lipinski definition) is 2. The van der Waals surface area contributed by atoms with E-state index in [1.807, 2.05) is 13.8 Å². The van der Waals surface area contributed by atoms with Crippen LogP contribution in [-0.4, -0.2) is 59.7 Å². The van der Waals surface area contributed by atoms with Crippen molar-refractivity contribution in [2.24, 2.45) is 10.7 Å². The summed E-state index contributed by atoms with van der Waals surface area (Å²) >= 11 is 0. The first-order valence-corrected chi connectivity index (χ1v) is 6.23. The third-order valence-corrected chi connectivity index (χ3v) is 3.40. The molecule has 1 aromatic rings. The Balaban J connectivity index is 2.18. The van der Waals surface area contributed by atoms with Gasteiger partial charge in [-0.05, 0) is 27.9 Å². The predicted octanol–water partition coefficient (Wildman–Crippen LogP) is 0.260. The highest BCUT2D eigenvalue weighted by atomic mass is 15.3. The number of aliphatic imine (C=N–C) groups is 1. The van der Waals surface area contributed by atoms with Gasteiger partial charge in [0.2, 0.25) is 0 Å². The number of nitrogens with zero attached hydrogens (tertiary/aromatic N) is 4. The van der Waals surface area contributed by atoms with Gasteiger partial charge in [-0.2, -0.15) is 5.10 Å². The second-order valence-corrected chi connectivity index (χ2v) is 5.06. The van der Waals surface area contributed by atoms with Crippen molar-refractivity contribution in [2.45, 2.75) is 19.9 Å². The summed E-state index contributed by atoms with van der Waals surface area (Å²) in [6, 6.07) is 0.226. The van der Waals surface area contributed by atoms with Gasteiger partial charge in [0.15, 0.2) is 5.96 Å². The molecule has 0 saturated carbocycles. The first-order valence-electron chi connectivity index (χ1n) is 6.23. The Morgan fingerprint density at radius 2 is 2.17 bits per heavy atom. The van der Waals surface area contributed by atoms with E-state index in [2.05, 4.69) is 39.1 Å². The van der Waals surface area contributed by atoms with E-state index >= 15 is 0 Å². The minimum Gasteiger partial charge on any atom is -0.370 e. The number of aromatic nitrogens is 2. The minimum atomic E-state index is 0.226. The number of nitrogens with one attached hydrogen (secondary N) is 1. The Kier molecular flexibility index (Phi) is 3.56. The van der Waals surface area contributed by atoms with Gasteiger partial charge >= 0.3 is 0 Å². The summed E-state index contributed by atoms with van der Waals surface area (Å²) in [6.07, 6.45) is 0. The third-order valence-electron chi connectivity index (χ3n) is 3.40. The predicted molar refractivity (Wildman–Crippen MR) is 72.6 cm³/mol. The van der Waals surface area contributed by atoms with Crippen molar-refractivity contribution in [2.75, 3.05) is 33.7 Å². The van der Waals surface area contributed by atoms with Gasteiger partial charge in [0.05, 0.1) is 18.3 Å². The monoisotopic (exact) mass is 250 g/mol. The van der Waals surface area contributed by atoms with Gasteiger partial charge in [0, 0.05) is 24.3 Å². The van der Waals surface area contributed by atoms with Crippen molar-refractivity contribution in [1.82, 2.24) is 20.0 Å². The summed E-state index contributed by atoms with van der Waals surface area (Å²) in [4.78, 5) is 8.70. The van der Waals surface area contributed by atoms with E-state index < -0.39 is 0 Å². The van der Waals surface area contributed by atoms with Crippen molar-refractivity contribution in [3.8, 4) is 0 Å². The van der Waals surface area contributed by atoms with Crippen LogP contribution in [0.2, 0.25) is 0 Å². The number of aryl methyl sites for hydroxylation is 2.